The number of carboxylic acid groups (broad SMARTS) is 1. The van der Waals surface area contributed by atoms with Crippen molar-refractivity contribution in [1.82, 2.24) is 5.32 Å². The lowest BCUT2D eigenvalue weighted by molar-refractivity contribution is -0.139. The Labute approximate surface area is 150 Å². The van der Waals surface area contributed by atoms with Crippen molar-refractivity contribution in [3.8, 4) is 11.3 Å². The Morgan fingerprint density at radius 3 is 2.40 bits per heavy atom. The maximum absolute atomic E-state index is 11.3. The normalized spacial score (nSPS) is 13.0. The number of carboxylic acids is 1. The second kappa shape index (κ2) is 8.34. The van der Waals surface area contributed by atoms with Crippen LogP contribution in [0.15, 0.2) is 40.8 Å². The summed E-state index contributed by atoms with van der Waals surface area (Å²) in [5.74, 6) is 0.744. The fourth-order valence-electron chi connectivity index (χ4n) is 2.71. The number of aliphatic carboxylic acids is 1. The lowest BCUT2D eigenvalue weighted by Gasteiger charge is -2.18. The molecule has 1 aromatic heterocycles. The van der Waals surface area contributed by atoms with Gasteiger partial charge in [-0.3, -0.25) is 10.1 Å². The van der Waals surface area contributed by atoms with E-state index in [1.165, 1.54) is 5.56 Å². The molecule has 2 rings (SSSR count). The van der Waals surface area contributed by atoms with Crippen LogP contribution in [0.25, 0.3) is 11.3 Å². The first kappa shape index (κ1) is 19.3. The number of hydrogen-bond donors (Lipinski definition) is 2. The predicted molar refractivity (Wildman–Crippen MR) is 101 cm³/mol. The highest BCUT2D eigenvalue weighted by atomic mass is 16.4. The van der Waals surface area contributed by atoms with Gasteiger partial charge in [0.1, 0.15) is 17.6 Å². The van der Waals surface area contributed by atoms with Gasteiger partial charge in [0, 0.05) is 5.56 Å². The molecule has 1 aromatic carbocycles. The van der Waals surface area contributed by atoms with Crippen LogP contribution in [0.4, 0.5) is 0 Å². The van der Waals surface area contributed by atoms with E-state index in [0.29, 0.717) is 13.0 Å². The predicted octanol–water partition coefficient (Wildman–Crippen LogP) is 4.98. The second-order valence-electron chi connectivity index (χ2n) is 7.51. The van der Waals surface area contributed by atoms with Crippen LogP contribution >= 0.6 is 0 Å². The van der Waals surface area contributed by atoms with Crippen LogP contribution < -0.4 is 5.32 Å². The number of furan rings is 1. The molecule has 0 amide bonds. The zero-order valence-electron chi connectivity index (χ0n) is 15.6. The van der Waals surface area contributed by atoms with Crippen LogP contribution in [0.2, 0.25) is 0 Å². The molecule has 0 bridgehead atoms. The lowest BCUT2D eigenvalue weighted by Crippen LogP contribution is -2.36. The van der Waals surface area contributed by atoms with E-state index in [0.717, 1.165) is 29.9 Å². The third kappa shape index (κ3) is 5.46. The quantitative estimate of drug-likeness (QED) is 0.710. The maximum atomic E-state index is 11.3. The number of nitrogens with one attached hydrogen (secondary N) is 1. The molecule has 4 nitrogen and oxygen atoms in total. The standard InChI is InChI=1S/C21H29NO3/c1-5-6-7-18(20(23)24)22-14-17-12-13-19(25-17)15-8-10-16(11-9-15)21(2,3)4/h8-13,18,22H,5-7,14H2,1-4H3,(H,23,24). The third-order valence-corrected chi connectivity index (χ3v) is 4.36. The topological polar surface area (TPSA) is 62.5 Å². The Morgan fingerprint density at radius 1 is 1.16 bits per heavy atom. The van der Waals surface area contributed by atoms with E-state index in [1.54, 1.807) is 0 Å². The average molecular weight is 343 g/mol. The maximum Gasteiger partial charge on any atom is 0.320 e. The molecule has 0 aliphatic heterocycles. The van der Waals surface area contributed by atoms with Crippen molar-refractivity contribution in [2.75, 3.05) is 0 Å². The van der Waals surface area contributed by atoms with Gasteiger partial charge in [-0.1, -0.05) is 64.8 Å². The smallest absolute Gasteiger partial charge is 0.320 e. The molecule has 1 atom stereocenters. The molecule has 2 aromatic rings. The number of benzene rings is 1. The summed E-state index contributed by atoms with van der Waals surface area (Å²) in [5, 5.41) is 12.3. The largest absolute Gasteiger partial charge is 0.480 e. The minimum absolute atomic E-state index is 0.126. The summed E-state index contributed by atoms with van der Waals surface area (Å²) in [6, 6.07) is 11.7. The number of rotatable bonds is 8. The Hall–Kier alpha value is -2.07. The first-order chi connectivity index (χ1) is 11.8. The molecule has 0 spiro atoms. The Bertz CT molecular complexity index is 680. The third-order valence-electron chi connectivity index (χ3n) is 4.36. The zero-order chi connectivity index (χ0) is 18.4. The summed E-state index contributed by atoms with van der Waals surface area (Å²) < 4.78 is 5.87. The molecule has 25 heavy (non-hydrogen) atoms. The van der Waals surface area contributed by atoms with Crippen molar-refractivity contribution in [3.63, 3.8) is 0 Å². The molecule has 2 N–H and O–H groups in total. The number of carbonyl (C=O) groups is 1. The summed E-state index contributed by atoms with van der Waals surface area (Å²) in [6.45, 7) is 9.05. The van der Waals surface area contributed by atoms with Crippen LogP contribution in [0, 0.1) is 0 Å². The Balaban J connectivity index is 2.01. The molecule has 0 saturated heterocycles. The molecule has 0 saturated carbocycles. The Morgan fingerprint density at radius 2 is 1.84 bits per heavy atom. The lowest BCUT2D eigenvalue weighted by atomic mass is 9.86. The van der Waals surface area contributed by atoms with E-state index < -0.39 is 12.0 Å². The van der Waals surface area contributed by atoms with E-state index in [1.807, 2.05) is 12.1 Å². The molecule has 0 radical (unpaired) electrons. The van der Waals surface area contributed by atoms with Gasteiger partial charge in [0.2, 0.25) is 0 Å². The SMILES string of the molecule is CCCCC(NCc1ccc(-c2ccc(C(C)(C)C)cc2)o1)C(=O)O. The summed E-state index contributed by atoms with van der Waals surface area (Å²) in [4.78, 5) is 11.3. The Kier molecular flexibility index (Phi) is 6.43. The van der Waals surface area contributed by atoms with E-state index in [4.69, 9.17) is 4.42 Å². The van der Waals surface area contributed by atoms with Gasteiger partial charge in [-0.2, -0.15) is 0 Å². The van der Waals surface area contributed by atoms with Crippen molar-refractivity contribution >= 4 is 5.97 Å². The van der Waals surface area contributed by atoms with Crippen LogP contribution in [0.5, 0.6) is 0 Å². The fourth-order valence-corrected chi connectivity index (χ4v) is 2.71. The van der Waals surface area contributed by atoms with E-state index in [9.17, 15) is 9.90 Å². The van der Waals surface area contributed by atoms with Crippen LogP contribution in [0.1, 0.15) is 58.3 Å². The van der Waals surface area contributed by atoms with E-state index in [-0.39, 0.29) is 5.41 Å². The second-order valence-corrected chi connectivity index (χ2v) is 7.51. The summed E-state index contributed by atoms with van der Waals surface area (Å²) in [7, 11) is 0. The van der Waals surface area contributed by atoms with Gasteiger partial charge in [-0.25, -0.2) is 0 Å². The first-order valence-electron chi connectivity index (χ1n) is 8.97. The van der Waals surface area contributed by atoms with Crippen LogP contribution in [-0.4, -0.2) is 17.1 Å². The van der Waals surface area contributed by atoms with Gasteiger partial charge >= 0.3 is 5.97 Å². The molecular formula is C21H29NO3. The van der Waals surface area contributed by atoms with Crippen LogP contribution in [0.3, 0.4) is 0 Å². The minimum Gasteiger partial charge on any atom is -0.480 e. The van der Waals surface area contributed by atoms with Crippen molar-refractivity contribution in [1.29, 1.82) is 0 Å². The molecule has 136 valence electrons. The van der Waals surface area contributed by atoms with E-state index in [2.05, 4.69) is 57.3 Å². The molecular weight excluding hydrogens is 314 g/mol. The molecule has 1 unspecified atom stereocenters. The van der Waals surface area contributed by atoms with Crippen molar-refractivity contribution in [2.24, 2.45) is 0 Å². The summed E-state index contributed by atoms with van der Waals surface area (Å²) >= 11 is 0. The number of unbranched alkanes of at least 4 members (excludes halogenated alkanes) is 1. The van der Waals surface area contributed by atoms with Crippen molar-refractivity contribution in [3.05, 3.63) is 47.7 Å². The first-order valence-corrected chi connectivity index (χ1v) is 8.97. The highest BCUT2D eigenvalue weighted by Gasteiger charge is 2.17. The average Bonchev–Trinajstić information content (AvgIpc) is 3.03. The summed E-state index contributed by atoms with van der Waals surface area (Å²) in [6.07, 6.45) is 2.52. The molecule has 0 fully saturated rings. The number of hydrogen-bond acceptors (Lipinski definition) is 3. The van der Waals surface area contributed by atoms with Gasteiger partial charge in [0.05, 0.1) is 6.54 Å². The van der Waals surface area contributed by atoms with Crippen LogP contribution in [-0.2, 0) is 16.8 Å². The minimum atomic E-state index is -0.807. The molecule has 4 heteroatoms. The molecule has 1 heterocycles. The van der Waals surface area contributed by atoms with Gasteiger partial charge in [-0.05, 0) is 29.5 Å². The van der Waals surface area contributed by atoms with Gasteiger partial charge in [0.15, 0.2) is 0 Å². The summed E-state index contributed by atoms with van der Waals surface area (Å²) in [5.41, 5.74) is 2.44. The van der Waals surface area contributed by atoms with E-state index >= 15 is 0 Å². The van der Waals surface area contributed by atoms with Crippen molar-refractivity contribution in [2.45, 2.75) is 65.0 Å². The molecule has 0 aliphatic carbocycles. The fraction of sp³-hybridized carbons (Fsp3) is 0.476. The monoisotopic (exact) mass is 343 g/mol. The van der Waals surface area contributed by atoms with Gasteiger partial charge < -0.3 is 9.52 Å². The molecule has 0 aliphatic rings. The highest BCUT2D eigenvalue weighted by molar-refractivity contribution is 5.73. The zero-order valence-corrected chi connectivity index (χ0v) is 15.6. The van der Waals surface area contributed by atoms with Gasteiger partial charge in [0.25, 0.3) is 0 Å². The van der Waals surface area contributed by atoms with Gasteiger partial charge in [-0.15, -0.1) is 0 Å². The highest BCUT2D eigenvalue weighted by Crippen LogP contribution is 2.27. The van der Waals surface area contributed by atoms with Crippen molar-refractivity contribution < 1.29 is 14.3 Å².